The molecule has 3 aromatic rings. The van der Waals surface area contributed by atoms with Crippen LogP contribution in [0.1, 0.15) is 28.0 Å². The molecule has 0 aliphatic heterocycles. The van der Waals surface area contributed by atoms with Crippen LogP contribution in [-0.2, 0) is 11.3 Å². The van der Waals surface area contributed by atoms with Crippen LogP contribution < -0.4 is 10.9 Å². The van der Waals surface area contributed by atoms with Gasteiger partial charge in [-0.2, -0.15) is 0 Å². The van der Waals surface area contributed by atoms with Crippen LogP contribution in [0.3, 0.4) is 0 Å². The summed E-state index contributed by atoms with van der Waals surface area (Å²) in [7, 11) is 1.63. The molecule has 136 valence electrons. The third-order valence-corrected chi connectivity index (χ3v) is 4.47. The van der Waals surface area contributed by atoms with Gasteiger partial charge in [0, 0.05) is 48.7 Å². The summed E-state index contributed by atoms with van der Waals surface area (Å²) in [5, 5.41) is 3.85. The highest BCUT2D eigenvalue weighted by molar-refractivity contribution is 6.05. The molecule has 26 heavy (non-hydrogen) atoms. The molecule has 1 amide bonds. The third kappa shape index (κ3) is 3.55. The van der Waals surface area contributed by atoms with Crippen molar-refractivity contribution in [2.24, 2.45) is 0 Å². The Morgan fingerprint density at radius 2 is 2.04 bits per heavy atom. The van der Waals surface area contributed by atoms with E-state index in [-0.39, 0.29) is 17.0 Å². The Labute approximate surface area is 151 Å². The lowest BCUT2D eigenvalue weighted by molar-refractivity contribution is 0.102. The number of aromatic amines is 1. The number of aryl methyl sites for hydroxylation is 2. The summed E-state index contributed by atoms with van der Waals surface area (Å²) in [5.74, 6) is -0.386. The molecular formula is C20H23N3O3. The first kappa shape index (κ1) is 17.9. The normalized spacial score (nSPS) is 11.0. The summed E-state index contributed by atoms with van der Waals surface area (Å²) in [6.45, 7) is 4.76. The maximum absolute atomic E-state index is 12.9. The van der Waals surface area contributed by atoms with Gasteiger partial charge in [0.1, 0.15) is 5.56 Å². The smallest absolute Gasteiger partial charge is 0.263 e. The van der Waals surface area contributed by atoms with E-state index in [2.05, 4.69) is 10.3 Å². The number of pyridine rings is 1. The average Bonchev–Trinajstić information content (AvgIpc) is 3.05. The number of anilines is 1. The minimum Gasteiger partial charge on any atom is -0.385 e. The van der Waals surface area contributed by atoms with Crippen LogP contribution in [0.25, 0.3) is 10.9 Å². The summed E-state index contributed by atoms with van der Waals surface area (Å²) < 4.78 is 6.69. The van der Waals surface area contributed by atoms with Gasteiger partial charge in [-0.1, -0.05) is 0 Å². The predicted octanol–water partition coefficient (Wildman–Crippen LogP) is 3.24. The van der Waals surface area contributed by atoms with Gasteiger partial charge in [-0.25, -0.2) is 0 Å². The quantitative estimate of drug-likeness (QED) is 0.668. The molecule has 3 rings (SSSR count). The molecule has 0 atom stereocenters. The first-order valence-corrected chi connectivity index (χ1v) is 8.59. The predicted molar refractivity (Wildman–Crippen MR) is 103 cm³/mol. The number of hydrogen-bond acceptors (Lipinski definition) is 3. The zero-order valence-corrected chi connectivity index (χ0v) is 15.3. The Balaban J connectivity index is 1.90. The minimum absolute atomic E-state index is 0.183. The van der Waals surface area contributed by atoms with Crippen molar-refractivity contribution in [3.63, 3.8) is 0 Å². The zero-order chi connectivity index (χ0) is 18.7. The highest BCUT2D eigenvalue weighted by atomic mass is 16.5. The standard InChI is InChI=1S/C20H23N3O3/c1-13-11-14(2)23(9-4-10-26-3)20(25)18(13)19(24)22-16-5-6-17-15(12-16)7-8-21-17/h5-8,11-12,21H,4,9-10H2,1-3H3,(H,22,24). The van der Waals surface area contributed by atoms with Crippen LogP contribution in [0.4, 0.5) is 5.69 Å². The zero-order valence-electron chi connectivity index (χ0n) is 15.3. The summed E-state index contributed by atoms with van der Waals surface area (Å²) >= 11 is 0. The lowest BCUT2D eigenvalue weighted by Crippen LogP contribution is -2.32. The fourth-order valence-electron chi connectivity index (χ4n) is 3.17. The Bertz CT molecular complexity index is 1000. The van der Waals surface area contributed by atoms with Crippen molar-refractivity contribution >= 4 is 22.5 Å². The van der Waals surface area contributed by atoms with Gasteiger partial charge >= 0.3 is 0 Å². The lowest BCUT2D eigenvalue weighted by Gasteiger charge is -2.14. The fourth-order valence-corrected chi connectivity index (χ4v) is 3.17. The summed E-state index contributed by atoms with van der Waals surface area (Å²) in [6.07, 6.45) is 2.56. The molecule has 2 heterocycles. The molecule has 0 aliphatic rings. The van der Waals surface area contributed by atoms with Crippen molar-refractivity contribution in [2.45, 2.75) is 26.8 Å². The van der Waals surface area contributed by atoms with Crippen molar-refractivity contribution in [3.05, 3.63) is 63.7 Å². The number of nitrogens with one attached hydrogen (secondary N) is 2. The second-order valence-corrected chi connectivity index (χ2v) is 6.38. The Kier molecular flexibility index (Phi) is 5.23. The number of methoxy groups -OCH3 is 1. The molecular weight excluding hydrogens is 330 g/mol. The van der Waals surface area contributed by atoms with E-state index < -0.39 is 0 Å². The van der Waals surface area contributed by atoms with Crippen molar-refractivity contribution < 1.29 is 9.53 Å². The van der Waals surface area contributed by atoms with Gasteiger partial charge in [-0.15, -0.1) is 0 Å². The van der Waals surface area contributed by atoms with Crippen LogP contribution in [0.2, 0.25) is 0 Å². The number of amides is 1. The van der Waals surface area contributed by atoms with Crippen LogP contribution in [0, 0.1) is 13.8 Å². The van der Waals surface area contributed by atoms with Gasteiger partial charge in [0.05, 0.1) is 0 Å². The van der Waals surface area contributed by atoms with Crippen molar-refractivity contribution in [2.75, 3.05) is 19.0 Å². The number of fused-ring (bicyclic) bond motifs is 1. The van der Waals surface area contributed by atoms with Crippen molar-refractivity contribution in [1.29, 1.82) is 0 Å². The number of H-pyrrole nitrogens is 1. The number of nitrogens with zero attached hydrogens (tertiary/aromatic N) is 1. The fraction of sp³-hybridized carbons (Fsp3) is 0.300. The van der Waals surface area contributed by atoms with Gasteiger partial charge in [-0.05, 0) is 56.2 Å². The lowest BCUT2D eigenvalue weighted by atomic mass is 10.1. The molecule has 0 spiro atoms. The average molecular weight is 353 g/mol. The molecule has 0 bridgehead atoms. The number of aromatic nitrogens is 2. The highest BCUT2D eigenvalue weighted by Crippen LogP contribution is 2.18. The van der Waals surface area contributed by atoms with Gasteiger partial charge in [0.2, 0.25) is 0 Å². The molecule has 2 N–H and O–H groups in total. The maximum atomic E-state index is 12.9. The minimum atomic E-state index is -0.386. The number of carbonyl (C=O) groups excluding carboxylic acids is 1. The summed E-state index contributed by atoms with van der Waals surface area (Å²) in [4.78, 5) is 28.7. The largest absolute Gasteiger partial charge is 0.385 e. The molecule has 0 unspecified atom stereocenters. The topological polar surface area (TPSA) is 76.1 Å². The van der Waals surface area contributed by atoms with E-state index in [1.165, 1.54) is 0 Å². The van der Waals surface area contributed by atoms with Crippen LogP contribution in [0.15, 0.2) is 41.3 Å². The third-order valence-electron chi connectivity index (χ3n) is 4.47. The molecule has 0 aliphatic carbocycles. The molecule has 0 saturated carbocycles. The van der Waals surface area contributed by atoms with E-state index in [1.807, 2.05) is 43.5 Å². The number of rotatable bonds is 6. The van der Waals surface area contributed by atoms with E-state index in [1.54, 1.807) is 18.6 Å². The summed E-state index contributed by atoms with van der Waals surface area (Å²) in [5.41, 5.74) is 3.09. The second kappa shape index (κ2) is 7.58. The molecule has 0 radical (unpaired) electrons. The monoisotopic (exact) mass is 353 g/mol. The number of carbonyl (C=O) groups is 1. The van der Waals surface area contributed by atoms with Gasteiger partial charge in [0.25, 0.3) is 11.5 Å². The van der Waals surface area contributed by atoms with Crippen LogP contribution in [0.5, 0.6) is 0 Å². The Morgan fingerprint density at radius 1 is 1.23 bits per heavy atom. The number of benzene rings is 1. The summed E-state index contributed by atoms with van der Waals surface area (Å²) in [6, 6.07) is 9.40. The Hall–Kier alpha value is -2.86. The van der Waals surface area contributed by atoms with Crippen LogP contribution in [-0.4, -0.2) is 29.2 Å². The number of ether oxygens (including phenoxy) is 1. The molecule has 0 saturated heterocycles. The molecule has 6 nitrogen and oxygen atoms in total. The van der Waals surface area contributed by atoms with E-state index in [4.69, 9.17) is 4.74 Å². The van der Waals surface area contributed by atoms with Gasteiger partial charge in [-0.3, -0.25) is 9.59 Å². The van der Waals surface area contributed by atoms with Gasteiger partial charge < -0.3 is 19.6 Å². The van der Waals surface area contributed by atoms with Gasteiger partial charge in [0.15, 0.2) is 0 Å². The Morgan fingerprint density at radius 3 is 2.81 bits per heavy atom. The molecule has 1 aromatic carbocycles. The SMILES string of the molecule is COCCCn1c(C)cc(C)c(C(=O)Nc2ccc3[nH]ccc3c2)c1=O. The van der Waals surface area contributed by atoms with E-state index in [0.717, 1.165) is 16.6 Å². The number of hydrogen-bond donors (Lipinski definition) is 2. The van der Waals surface area contributed by atoms with E-state index in [0.29, 0.717) is 30.8 Å². The molecule has 0 fully saturated rings. The van der Waals surface area contributed by atoms with E-state index in [9.17, 15) is 9.59 Å². The highest BCUT2D eigenvalue weighted by Gasteiger charge is 2.18. The molecule has 6 heteroatoms. The first-order chi connectivity index (χ1) is 12.5. The van der Waals surface area contributed by atoms with Crippen molar-refractivity contribution in [1.82, 2.24) is 9.55 Å². The van der Waals surface area contributed by atoms with Crippen molar-refractivity contribution in [3.8, 4) is 0 Å². The first-order valence-electron chi connectivity index (χ1n) is 8.59. The maximum Gasteiger partial charge on any atom is 0.263 e. The van der Waals surface area contributed by atoms with Crippen LogP contribution >= 0.6 is 0 Å². The second-order valence-electron chi connectivity index (χ2n) is 6.38. The van der Waals surface area contributed by atoms with E-state index >= 15 is 0 Å². The molecule has 2 aromatic heterocycles.